The summed E-state index contributed by atoms with van der Waals surface area (Å²) in [5, 5.41) is 5.34. The molecule has 2 nitrogen and oxygen atoms in total. The predicted octanol–water partition coefficient (Wildman–Crippen LogP) is 2.98. The minimum absolute atomic E-state index is 0.781. The van der Waals surface area contributed by atoms with Crippen molar-refractivity contribution in [1.82, 2.24) is 10.2 Å². The van der Waals surface area contributed by atoms with Crippen LogP contribution in [-0.2, 0) is 0 Å². The van der Waals surface area contributed by atoms with Gasteiger partial charge in [0.25, 0.3) is 0 Å². The lowest BCUT2D eigenvalue weighted by molar-refractivity contribution is 0.167. The summed E-state index contributed by atoms with van der Waals surface area (Å²) in [6, 6.07) is 0.781. The molecule has 0 spiro atoms. The zero-order valence-electron chi connectivity index (χ0n) is 12.3. The van der Waals surface area contributed by atoms with E-state index in [1.54, 1.807) is 0 Å². The van der Waals surface area contributed by atoms with E-state index in [1.807, 2.05) is 0 Å². The molecule has 0 aromatic carbocycles. The molecular weight excluding hydrogens is 240 g/mol. The van der Waals surface area contributed by atoms with Crippen LogP contribution in [0.15, 0.2) is 0 Å². The van der Waals surface area contributed by atoms with E-state index in [0.717, 1.165) is 29.0 Å². The number of nitrogens with one attached hydrogen (secondary N) is 1. The predicted molar refractivity (Wildman–Crippen MR) is 82.4 cm³/mol. The molecule has 0 bridgehead atoms. The summed E-state index contributed by atoms with van der Waals surface area (Å²) >= 11 is 2.16. The maximum atomic E-state index is 3.71. The number of rotatable bonds is 4. The van der Waals surface area contributed by atoms with Crippen molar-refractivity contribution >= 4 is 11.8 Å². The van der Waals surface area contributed by atoms with Crippen LogP contribution in [0.1, 0.15) is 46.5 Å². The summed E-state index contributed by atoms with van der Waals surface area (Å²) in [4.78, 5) is 2.73. The summed E-state index contributed by atoms with van der Waals surface area (Å²) in [5.41, 5.74) is 0. The minimum Gasteiger partial charge on any atom is -0.314 e. The molecule has 2 rings (SSSR count). The van der Waals surface area contributed by atoms with Crippen molar-refractivity contribution in [1.29, 1.82) is 0 Å². The average molecular weight is 270 g/mol. The molecule has 1 saturated carbocycles. The second-order valence-electron chi connectivity index (χ2n) is 6.18. The van der Waals surface area contributed by atoms with Crippen LogP contribution in [0, 0.1) is 5.92 Å². The molecule has 2 fully saturated rings. The lowest BCUT2D eigenvalue weighted by Crippen LogP contribution is -2.48. The van der Waals surface area contributed by atoms with Gasteiger partial charge in [-0.3, -0.25) is 0 Å². The molecule has 1 N–H and O–H groups in total. The molecule has 1 aliphatic carbocycles. The van der Waals surface area contributed by atoms with Gasteiger partial charge in [-0.2, -0.15) is 11.8 Å². The fourth-order valence-corrected chi connectivity index (χ4v) is 5.11. The Morgan fingerprint density at radius 1 is 1.11 bits per heavy atom. The summed E-state index contributed by atoms with van der Waals surface area (Å²) in [7, 11) is 0. The van der Waals surface area contributed by atoms with Crippen molar-refractivity contribution in [3.63, 3.8) is 0 Å². The standard InChI is InChI=1S/C15H30N2S/c1-4-16-15-8-6-5-7-14(15)11-17-9-12(2)18-13(3)10-17/h12-16H,4-11H2,1-3H3. The van der Waals surface area contributed by atoms with Crippen LogP contribution in [0.4, 0.5) is 0 Å². The van der Waals surface area contributed by atoms with Gasteiger partial charge in [0.2, 0.25) is 0 Å². The van der Waals surface area contributed by atoms with Crippen LogP contribution in [0.5, 0.6) is 0 Å². The normalized spacial score (nSPS) is 38.8. The molecule has 0 radical (unpaired) electrons. The van der Waals surface area contributed by atoms with E-state index in [9.17, 15) is 0 Å². The van der Waals surface area contributed by atoms with E-state index in [4.69, 9.17) is 0 Å². The molecule has 4 unspecified atom stereocenters. The highest BCUT2D eigenvalue weighted by Crippen LogP contribution is 2.29. The van der Waals surface area contributed by atoms with Crippen LogP contribution >= 0.6 is 11.8 Å². The zero-order valence-corrected chi connectivity index (χ0v) is 13.1. The molecule has 1 aliphatic heterocycles. The molecule has 18 heavy (non-hydrogen) atoms. The molecule has 2 aliphatic rings. The smallest absolute Gasteiger partial charge is 0.0149 e. The minimum atomic E-state index is 0.781. The highest BCUT2D eigenvalue weighted by molar-refractivity contribution is 8.00. The van der Waals surface area contributed by atoms with Crippen molar-refractivity contribution in [3.05, 3.63) is 0 Å². The molecule has 0 aromatic rings. The Labute approximate surface area is 117 Å². The van der Waals surface area contributed by atoms with E-state index in [2.05, 4.69) is 42.7 Å². The summed E-state index contributed by atoms with van der Waals surface area (Å²) in [5.74, 6) is 0.890. The van der Waals surface area contributed by atoms with E-state index in [-0.39, 0.29) is 0 Å². The van der Waals surface area contributed by atoms with Gasteiger partial charge in [-0.05, 0) is 25.3 Å². The molecule has 3 heteroatoms. The monoisotopic (exact) mass is 270 g/mol. The second kappa shape index (κ2) is 7.16. The van der Waals surface area contributed by atoms with E-state index in [1.165, 1.54) is 45.3 Å². The summed E-state index contributed by atoms with van der Waals surface area (Å²) in [6.45, 7) is 12.1. The van der Waals surface area contributed by atoms with Gasteiger partial charge in [0, 0.05) is 36.2 Å². The lowest BCUT2D eigenvalue weighted by Gasteiger charge is -2.40. The van der Waals surface area contributed by atoms with E-state index in [0.29, 0.717) is 0 Å². The summed E-state index contributed by atoms with van der Waals surface area (Å²) < 4.78 is 0. The third-order valence-electron chi connectivity index (χ3n) is 4.36. The van der Waals surface area contributed by atoms with Gasteiger partial charge in [-0.15, -0.1) is 0 Å². The first-order valence-electron chi connectivity index (χ1n) is 7.80. The van der Waals surface area contributed by atoms with Crippen LogP contribution in [0.25, 0.3) is 0 Å². The fraction of sp³-hybridized carbons (Fsp3) is 1.00. The second-order valence-corrected chi connectivity index (χ2v) is 8.07. The van der Waals surface area contributed by atoms with Crippen molar-refractivity contribution in [3.8, 4) is 0 Å². The highest BCUT2D eigenvalue weighted by Gasteiger charge is 2.29. The van der Waals surface area contributed by atoms with Crippen LogP contribution in [-0.4, -0.2) is 47.6 Å². The van der Waals surface area contributed by atoms with Gasteiger partial charge >= 0.3 is 0 Å². The van der Waals surface area contributed by atoms with Crippen molar-refractivity contribution in [2.75, 3.05) is 26.2 Å². The van der Waals surface area contributed by atoms with Gasteiger partial charge in [0.05, 0.1) is 0 Å². The first kappa shape index (κ1) is 14.7. The van der Waals surface area contributed by atoms with Crippen molar-refractivity contribution < 1.29 is 0 Å². The first-order chi connectivity index (χ1) is 8.69. The zero-order chi connectivity index (χ0) is 13.0. The largest absolute Gasteiger partial charge is 0.314 e. The Morgan fingerprint density at radius 3 is 2.44 bits per heavy atom. The number of hydrogen-bond acceptors (Lipinski definition) is 3. The Balaban J connectivity index is 1.85. The Bertz CT molecular complexity index is 235. The highest BCUT2D eigenvalue weighted by atomic mass is 32.2. The Kier molecular flexibility index (Phi) is 5.84. The van der Waals surface area contributed by atoms with Gasteiger partial charge < -0.3 is 10.2 Å². The molecule has 0 amide bonds. The van der Waals surface area contributed by atoms with Gasteiger partial charge in [-0.25, -0.2) is 0 Å². The van der Waals surface area contributed by atoms with Crippen LogP contribution in [0.3, 0.4) is 0 Å². The number of thioether (sulfide) groups is 1. The average Bonchev–Trinajstić information content (AvgIpc) is 2.30. The molecule has 4 atom stereocenters. The fourth-order valence-electron chi connectivity index (χ4n) is 3.72. The Hall–Kier alpha value is 0.270. The molecular formula is C15H30N2S. The van der Waals surface area contributed by atoms with Gasteiger partial charge in [0.15, 0.2) is 0 Å². The van der Waals surface area contributed by atoms with Crippen molar-refractivity contribution in [2.24, 2.45) is 5.92 Å². The molecule has 106 valence electrons. The molecule has 1 heterocycles. The van der Waals surface area contributed by atoms with Crippen molar-refractivity contribution in [2.45, 2.75) is 63.0 Å². The lowest BCUT2D eigenvalue weighted by atomic mass is 9.84. The maximum Gasteiger partial charge on any atom is 0.0149 e. The maximum absolute atomic E-state index is 3.71. The van der Waals surface area contributed by atoms with E-state index >= 15 is 0 Å². The number of hydrogen-bond donors (Lipinski definition) is 1. The third-order valence-corrected chi connectivity index (χ3v) is 5.59. The topological polar surface area (TPSA) is 15.3 Å². The van der Waals surface area contributed by atoms with Crippen LogP contribution < -0.4 is 5.32 Å². The first-order valence-corrected chi connectivity index (χ1v) is 8.74. The SMILES string of the molecule is CCNC1CCCCC1CN1CC(C)SC(C)C1. The van der Waals surface area contributed by atoms with Gasteiger partial charge in [-0.1, -0.05) is 33.6 Å². The number of nitrogens with zero attached hydrogens (tertiary/aromatic N) is 1. The third kappa shape index (κ3) is 4.14. The van der Waals surface area contributed by atoms with Gasteiger partial charge in [0.1, 0.15) is 0 Å². The van der Waals surface area contributed by atoms with E-state index < -0.39 is 0 Å². The van der Waals surface area contributed by atoms with Crippen LogP contribution in [0.2, 0.25) is 0 Å². The summed E-state index contributed by atoms with van der Waals surface area (Å²) in [6.07, 6.45) is 5.70. The Morgan fingerprint density at radius 2 is 1.78 bits per heavy atom. The molecule has 1 saturated heterocycles. The quantitative estimate of drug-likeness (QED) is 0.845. The molecule has 0 aromatic heterocycles.